The zero-order valence-electron chi connectivity index (χ0n) is 12.6. The Labute approximate surface area is 137 Å². The molecular formula is C16H13N7O. The third kappa shape index (κ3) is 2.98. The average Bonchev–Trinajstić information content (AvgIpc) is 3.34. The number of rotatable bonds is 5. The summed E-state index contributed by atoms with van der Waals surface area (Å²) in [5, 5.41) is 10.9. The lowest BCUT2D eigenvalue weighted by Gasteiger charge is -2.07. The van der Waals surface area contributed by atoms with E-state index in [0.29, 0.717) is 18.2 Å². The van der Waals surface area contributed by atoms with Gasteiger partial charge in [0.15, 0.2) is 5.82 Å². The Morgan fingerprint density at radius 1 is 1.08 bits per heavy atom. The summed E-state index contributed by atoms with van der Waals surface area (Å²) in [5.41, 5.74) is 2.67. The van der Waals surface area contributed by atoms with Gasteiger partial charge in [0.1, 0.15) is 25.0 Å². The molecule has 0 amide bonds. The maximum Gasteiger partial charge on any atom is 0.155 e. The molecule has 0 radical (unpaired) electrons. The van der Waals surface area contributed by atoms with Crippen LogP contribution in [0.5, 0.6) is 5.75 Å². The molecule has 0 saturated heterocycles. The van der Waals surface area contributed by atoms with Crippen LogP contribution in [0.25, 0.3) is 17.2 Å². The fourth-order valence-electron chi connectivity index (χ4n) is 2.19. The van der Waals surface area contributed by atoms with E-state index in [1.54, 1.807) is 29.6 Å². The number of nitrogens with one attached hydrogen (secondary N) is 1. The predicted molar refractivity (Wildman–Crippen MR) is 85.3 cm³/mol. The van der Waals surface area contributed by atoms with Crippen molar-refractivity contribution in [3.8, 4) is 23.0 Å². The first-order chi connectivity index (χ1) is 11.9. The monoisotopic (exact) mass is 319 g/mol. The van der Waals surface area contributed by atoms with Gasteiger partial charge in [-0.1, -0.05) is 0 Å². The summed E-state index contributed by atoms with van der Waals surface area (Å²) in [6.07, 6.45) is 8.17. The molecule has 4 aromatic rings. The zero-order chi connectivity index (χ0) is 16.2. The van der Waals surface area contributed by atoms with E-state index in [1.165, 1.54) is 6.33 Å². The van der Waals surface area contributed by atoms with Crippen LogP contribution in [0.3, 0.4) is 0 Å². The van der Waals surface area contributed by atoms with Crippen molar-refractivity contribution >= 4 is 0 Å². The summed E-state index contributed by atoms with van der Waals surface area (Å²) in [4.78, 5) is 12.5. The highest BCUT2D eigenvalue weighted by atomic mass is 16.5. The molecule has 24 heavy (non-hydrogen) atoms. The predicted octanol–water partition coefficient (Wildman–Crippen LogP) is 2.03. The molecule has 0 bridgehead atoms. The Morgan fingerprint density at radius 3 is 2.83 bits per heavy atom. The minimum absolute atomic E-state index is 0.412. The molecule has 4 heterocycles. The topological polar surface area (TPSA) is 94.4 Å². The lowest BCUT2D eigenvalue weighted by atomic mass is 10.2. The lowest BCUT2D eigenvalue weighted by molar-refractivity contribution is 0.305. The Bertz CT molecular complexity index is 902. The van der Waals surface area contributed by atoms with E-state index in [-0.39, 0.29) is 0 Å². The summed E-state index contributed by atoms with van der Waals surface area (Å²) in [7, 11) is 0. The highest BCUT2D eigenvalue weighted by molar-refractivity contribution is 5.53. The highest BCUT2D eigenvalue weighted by Gasteiger charge is 2.04. The quantitative estimate of drug-likeness (QED) is 0.605. The second-order valence-electron chi connectivity index (χ2n) is 5.00. The van der Waals surface area contributed by atoms with Gasteiger partial charge < -0.3 is 4.74 Å². The smallest absolute Gasteiger partial charge is 0.155 e. The molecule has 0 spiro atoms. The number of H-pyrrole nitrogens is 1. The van der Waals surface area contributed by atoms with E-state index < -0.39 is 0 Å². The third-order valence-corrected chi connectivity index (χ3v) is 3.38. The fourth-order valence-corrected chi connectivity index (χ4v) is 2.19. The number of ether oxygens (including phenoxy) is 1. The molecule has 8 nitrogen and oxygen atoms in total. The minimum atomic E-state index is 0.412. The van der Waals surface area contributed by atoms with E-state index in [4.69, 9.17) is 4.74 Å². The Hall–Kier alpha value is -3.55. The average molecular weight is 319 g/mol. The molecule has 0 aliphatic heterocycles. The van der Waals surface area contributed by atoms with Crippen LogP contribution in [0.15, 0.2) is 61.6 Å². The second kappa shape index (κ2) is 6.29. The van der Waals surface area contributed by atoms with E-state index in [2.05, 4.69) is 30.2 Å². The summed E-state index contributed by atoms with van der Waals surface area (Å²) in [5.74, 6) is 1.39. The van der Waals surface area contributed by atoms with Crippen molar-refractivity contribution in [1.29, 1.82) is 0 Å². The van der Waals surface area contributed by atoms with Crippen LogP contribution in [0.4, 0.5) is 0 Å². The van der Waals surface area contributed by atoms with Gasteiger partial charge >= 0.3 is 0 Å². The Morgan fingerprint density at radius 2 is 2.08 bits per heavy atom. The van der Waals surface area contributed by atoms with Crippen LogP contribution >= 0.6 is 0 Å². The van der Waals surface area contributed by atoms with Gasteiger partial charge in [-0.15, -0.1) is 0 Å². The summed E-state index contributed by atoms with van der Waals surface area (Å²) in [6, 6.07) is 9.43. The third-order valence-electron chi connectivity index (χ3n) is 3.38. The molecular weight excluding hydrogens is 306 g/mol. The van der Waals surface area contributed by atoms with E-state index >= 15 is 0 Å². The van der Waals surface area contributed by atoms with Crippen molar-refractivity contribution in [2.45, 2.75) is 6.61 Å². The van der Waals surface area contributed by atoms with Crippen molar-refractivity contribution < 1.29 is 4.74 Å². The zero-order valence-corrected chi connectivity index (χ0v) is 12.6. The first-order valence-corrected chi connectivity index (χ1v) is 7.27. The van der Waals surface area contributed by atoms with Crippen LogP contribution in [0.2, 0.25) is 0 Å². The van der Waals surface area contributed by atoms with Crippen molar-refractivity contribution in [3.05, 3.63) is 67.1 Å². The molecule has 0 aliphatic rings. The molecule has 0 unspecified atom stereocenters. The van der Waals surface area contributed by atoms with Crippen LogP contribution in [0.1, 0.15) is 5.56 Å². The second-order valence-corrected chi connectivity index (χ2v) is 5.00. The number of pyridine rings is 2. The van der Waals surface area contributed by atoms with Crippen LogP contribution in [0, 0.1) is 0 Å². The van der Waals surface area contributed by atoms with Gasteiger partial charge in [0.25, 0.3) is 0 Å². The molecule has 4 aromatic heterocycles. The molecule has 4 rings (SSSR count). The number of hydrogen-bond acceptors (Lipinski definition) is 6. The highest BCUT2D eigenvalue weighted by Crippen LogP contribution is 2.18. The summed E-state index contributed by atoms with van der Waals surface area (Å²) in [6.45, 7) is 0.412. The number of hydrogen-bond donors (Lipinski definition) is 1. The van der Waals surface area contributed by atoms with Gasteiger partial charge in [-0.25, -0.2) is 14.6 Å². The largest absolute Gasteiger partial charge is 0.487 e. The van der Waals surface area contributed by atoms with E-state index in [9.17, 15) is 0 Å². The van der Waals surface area contributed by atoms with Gasteiger partial charge in [-0.05, 0) is 35.9 Å². The lowest BCUT2D eigenvalue weighted by Crippen LogP contribution is -2.01. The van der Waals surface area contributed by atoms with Gasteiger partial charge in [0, 0.05) is 12.4 Å². The maximum atomic E-state index is 5.78. The van der Waals surface area contributed by atoms with Crippen LogP contribution in [-0.2, 0) is 6.61 Å². The Kier molecular flexibility index (Phi) is 3.69. The number of nitrogens with zero attached hydrogens (tertiary/aromatic N) is 6. The molecule has 118 valence electrons. The Balaban J connectivity index is 1.44. The maximum absolute atomic E-state index is 5.78. The minimum Gasteiger partial charge on any atom is -0.487 e. The molecule has 1 N–H and O–H groups in total. The van der Waals surface area contributed by atoms with Crippen LogP contribution in [-0.4, -0.2) is 34.9 Å². The first kappa shape index (κ1) is 14.1. The van der Waals surface area contributed by atoms with Gasteiger partial charge in [0.05, 0.1) is 17.6 Å². The normalized spacial score (nSPS) is 10.7. The van der Waals surface area contributed by atoms with E-state index in [0.717, 1.165) is 17.0 Å². The van der Waals surface area contributed by atoms with Crippen molar-refractivity contribution in [1.82, 2.24) is 34.9 Å². The fraction of sp³-hybridized carbons (Fsp3) is 0.0625. The summed E-state index contributed by atoms with van der Waals surface area (Å²) < 4.78 is 7.38. The SMILES string of the molecule is c1cc(-c2ccc(OCc3ccnc(-n4cncn4)c3)cn2)[nH]n1. The molecule has 0 atom stereocenters. The molecule has 8 heteroatoms. The van der Waals surface area contributed by atoms with Crippen molar-refractivity contribution in [2.75, 3.05) is 0 Å². The van der Waals surface area contributed by atoms with Gasteiger partial charge in [-0.2, -0.15) is 10.2 Å². The van der Waals surface area contributed by atoms with Crippen molar-refractivity contribution in [3.63, 3.8) is 0 Å². The molecule has 0 fully saturated rings. The van der Waals surface area contributed by atoms with E-state index in [1.807, 2.05) is 30.3 Å². The molecule has 0 aromatic carbocycles. The summed E-state index contributed by atoms with van der Waals surface area (Å²) >= 11 is 0. The molecule has 0 saturated carbocycles. The molecule has 0 aliphatic carbocycles. The van der Waals surface area contributed by atoms with Gasteiger partial charge in [-0.3, -0.25) is 10.1 Å². The number of aromatic amines is 1. The number of aromatic nitrogens is 7. The van der Waals surface area contributed by atoms with Crippen LogP contribution < -0.4 is 4.74 Å². The van der Waals surface area contributed by atoms with Gasteiger partial charge in [0.2, 0.25) is 0 Å². The standard InChI is InChI=1S/C16H13N7O/c1-2-14(15-4-6-20-22-15)19-8-13(1)24-9-12-3-5-18-16(7-12)23-11-17-10-21-23/h1-8,10-11H,9H2,(H,20,22). The van der Waals surface area contributed by atoms with Crippen molar-refractivity contribution in [2.24, 2.45) is 0 Å². The first-order valence-electron chi connectivity index (χ1n) is 7.27.